The molecule has 2 heterocycles. The Balaban J connectivity index is 1.89. The van der Waals surface area contributed by atoms with Gasteiger partial charge in [-0.15, -0.1) is 0 Å². The van der Waals surface area contributed by atoms with Crippen LogP contribution < -0.4 is 10.1 Å². The van der Waals surface area contributed by atoms with Gasteiger partial charge in [-0.25, -0.2) is 15.0 Å². The molecule has 0 amide bonds. The third kappa shape index (κ3) is 3.12. The first kappa shape index (κ1) is 15.1. The van der Waals surface area contributed by atoms with Crippen molar-refractivity contribution in [2.45, 2.75) is 0 Å². The van der Waals surface area contributed by atoms with Gasteiger partial charge in [-0.1, -0.05) is 36.4 Å². The van der Waals surface area contributed by atoms with E-state index in [9.17, 15) is 0 Å². The summed E-state index contributed by atoms with van der Waals surface area (Å²) in [5, 5.41) is 4.17. The average Bonchev–Trinajstić information content (AvgIpc) is 2.69. The lowest BCUT2D eigenvalue weighted by Crippen LogP contribution is -2.00. The third-order valence-electron chi connectivity index (χ3n) is 3.85. The van der Waals surface area contributed by atoms with Gasteiger partial charge >= 0.3 is 0 Å². The van der Waals surface area contributed by atoms with E-state index in [1.807, 2.05) is 66.7 Å². The van der Waals surface area contributed by atoms with Crippen LogP contribution in [0, 0.1) is 0 Å². The fourth-order valence-electron chi connectivity index (χ4n) is 2.60. The van der Waals surface area contributed by atoms with Crippen LogP contribution in [-0.2, 0) is 0 Å². The van der Waals surface area contributed by atoms with Gasteiger partial charge in [-0.05, 0) is 30.3 Å². The summed E-state index contributed by atoms with van der Waals surface area (Å²) < 4.78 is 5.34. The Morgan fingerprint density at radius 1 is 0.880 bits per heavy atom. The van der Waals surface area contributed by atoms with Gasteiger partial charge in [0.25, 0.3) is 0 Å². The predicted octanol–water partition coefficient (Wildman–Crippen LogP) is 4.44. The lowest BCUT2D eigenvalue weighted by Gasteiger charge is -2.11. The number of nitrogens with zero attached hydrogens (tertiary/aromatic N) is 3. The van der Waals surface area contributed by atoms with Crippen LogP contribution in [0.25, 0.3) is 22.3 Å². The Bertz CT molecular complexity index is 1000. The number of rotatable bonds is 4. The monoisotopic (exact) mass is 328 g/mol. The minimum absolute atomic E-state index is 0.664. The standard InChI is InChI=1S/C20H16N4O/c1-25-15-10-11-17-16(13-15)20(23-18-9-5-6-12-21-18)24-19(22-17)14-7-3-2-4-8-14/h2-13H,1H3,(H,21,22,23,24). The van der Waals surface area contributed by atoms with Crippen LogP contribution in [-0.4, -0.2) is 22.1 Å². The molecular formula is C20H16N4O. The van der Waals surface area contributed by atoms with Crippen LogP contribution in [0.1, 0.15) is 0 Å². The van der Waals surface area contributed by atoms with E-state index in [2.05, 4.69) is 10.3 Å². The van der Waals surface area contributed by atoms with Crippen LogP contribution in [0.15, 0.2) is 72.9 Å². The van der Waals surface area contributed by atoms with Gasteiger partial charge < -0.3 is 10.1 Å². The van der Waals surface area contributed by atoms with E-state index in [0.29, 0.717) is 11.6 Å². The van der Waals surface area contributed by atoms with Crippen molar-refractivity contribution < 1.29 is 4.74 Å². The number of aromatic nitrogens is 3. The maximum absolute atomic E-state index is 5.34. The number of anilines is 2. The van der Waals surface area contributed by atoms with Gasteiger partial charge in [-0.3, -0.25) is 0 Å². The second kappa shape index (κ2) is 6.57. The highest BCUT2D eigenvalue weighted by Gasteiger charge is 2.11. The Kier molecular flexibility index (Phi) is 3.96. The van der Waals surface area contributed by atoms with E-state index in [4.69, 9.17) is 14.7 Å². The number of benzene rings is 2. The molecule has 4 aromatic rings. The van der Waals surface area contributed by atoms with Crippen molar-refractivity contribution >= 4 is 22.5 Å². The van der Waals surface area contributed by atoms with Crippen molar-refractivity contribution in [1.82, 2.24) is 15.0 Å². The van der Waals surface area contributed by atoms with Crippen molar-refractivity contribution in [2.75, 3.05) is 12.4 Å². The van der Waals surface area contributed by atoms with E-state index in [-0.39, 0.29) is 0 Å². The summed E-state index contributed by atoms with van der Waals surface area (Å²) in [5.41, 5.74) is 1.80. The van der Waals surface area contributed by atoms with Crippen molar-refractivity contribution in [3.63, 3.8) is 0 Å². The molecule has 2 aromatic heterocycles. The molecule has 0 radical (unpaired) electrons. The maximum atomic E-state index is 5.34. The fourth-order valence-corrected chi connectivity index (χ4v) is 2.60. The molecule has 5 nitrogen and oxygen atoms in total. The lowest BCUT2D eigenvalue weighted by molar-refractivity contribution is 0.415. The Morgan fingerprint density at radius 3 is 2.48 bits per heavy atom. The van der Waals surface area contributed by atoms with Crippen LogP contribution >= 0.6 is 0 Å². The third-order valence-corrected chi connectivity index (χ3v) is 3.85. The Morgan fingerprint density at radius 2 is 1.72 bits per heavy atom. The quantitative estimate of drug-likeness (QED) is 0.600. The molecule has 4 rings (SSSR count). The number of hydrogen-bond acceptors (Lipinski definition) is 5. The van der Waals surface area contributed by atoms with Crippen LogP contribution in [0.5, 0.6) is 5.75 Å². The second-order valence-electron chi connectivity index (χ2n) is 5.48. The normalized spacial score (nSPS) is 10.6. The van der Waals surface area contributed by atoms with Gasteiger partial charge in [0.2, 0.25) is 0 Å². The van der Waals surface area contributed by atoms with E-state index in [0.717, 1.165) is 28.0 Å². The summed E-state index contributed by atoms with van der Waals surface area (Å²) in [6.45, 7) is 0. The summed E-state index contributed by atoms with van der Waals surface area (Å²) in [5.74, 6) is 2.84. The number of methoxy groups -OCH3 is 1. The SMILES string of the molecule is COc1ccc2nc(-c3ccccc3)nc(Nc3ccccn3)c2c1. The molecule has 0 atom stereocenters. The molecule has 0 aliphatic carbocycles. The molecule has 0 fully saturated rings. The number of fused-ring (bicyclic) bond motifs is 1. The Hall–Kier alpha value is -3.47. The molecule has 122 valence electrons. The number of hydrogen-bond donors (Lipinski definition) is 1. The molecule has 2 aromatic carbocycles. The van der Waals surface area contributed by atoms with Gasteiger partial charge in [0.15, 0.2) is 5.82 Å². The molecule has 5 heteroatoms. The summed E-state index contributed by atoms with van der Waals surface area (Å²) in [6, 6.07) is 21.4. The first-order valence-corrected chi connectivity index (χ1v) is 7.93. The van der Waals surface area contributed by atoms with Gasteiger partial charge in [0.1, 0.15) is 17.4 Å². The summed E-state index contributed by atoms with van der Waals surface area (Å²) >= 11 is 0. The zero-order valence-corrected chi connectivity index (χ0v) is 13.7. The van der Waals surface area contributed by atoms with Crippen molar-refractivity contribution in [3.05, 3.63) is 72.9 Å². The van der Waals surface area contributed by atoms with Crippen molar-refractivity contribution in [1.29, 1.82) is 0 Å². The summed E-state index contributed by atoms with van der Waals surface area (Å²) in [6.07, 6.45) is 1.74. The predicted molar refractivity (Wildman–Crippen MR) is 99.0 cm³/mol. The number of ether oxygens (including phenoxy) is 1. The van der Waals surface area contributed by atoms with Crippen LogP contribution in [0.2, 0.25) is 0 Å². The van der Waals surface area contributed by atoms with Crippen LogP contribution in [0.3, 0.4) is 0 Å². The minimum Gasteiger partial charge on any atom is -0.497 e. The smallest absolute Gasteiger partial charge is 0.162 e. The molecule has 1 N–H and O–H groups in total. The fraction of sp³-hybridized carbons (Fsp3) is 0.0500. The molecular weight excluding hydrogens is 312 g/mol. The largest absolute Gasteiger partial charge is 0.497 e. The van der Waals surface area contributed by atoms with E-state index in [1.54, 1.807) is 13.3 Å². The first-order chi connectivity index (χ1) is 12.3. The van der Waals surface area contributed by atoms with Gasteiger partial charge in [0.05, 0.1) is 12.6 Å². The minimum atomic E-state index is 0.664. The van der Waals surface area contributed by atoms with E-state index >= 15 is 0 Å². The molecule has 0 aliphatic heterocycles. The van der Waals surface area contributed by atoms with E-state index in [1.165, 1.54) is 0 Å². The van der Waals surface area contributed by atoms with Crippen LogP contribution in [0.4, 0.5) is 11.6 Å². The molecule has 25 heavy (non-hydrogen) atoms. The van der Waals surface area contributed by atoms with Gasteiger partial charge in [-0.2, -0.15) is 0 Å². The van der Waals surface area contributed by atoms with E-state index < -0.39 is 0 Å². The molecule has 0 saturated heterocycles. The second-order valence-corrected chi connectivity index (χ2v) is 5.48. The maximum Gasteiger partial charge on any atom is 0.162 e. The highest BCUT2D eigenvalue weighted by Crippen LogP contribution is 2.29. The highest BCUT2D eigenvalue weighted by atomic mass is 16.5. The topological polar surface area (TPSA) is 59.9 Å². The Labute approximate surface area is 145 Å². The van der Waals surface area contributed by atoms with Crippen molar-refractivity contribution in [2.24, 2.45) is 0 Å². The molecule has 0 bridgehead atoms. The zero-order valence-electron chi connectivity index (χ0n) is 13.7. The first-order valence-electron chi connectivity index (χ1n) is 7.93. The summed E-state index contributed by atoms with van der Waals surface area (Å²) in [7, 11) is 1.65. The number of nitrogens with one attached hydrogen (secondary N) is 1. The summed E-state index contributed by atoms with van der Waals surface area (Å²) in [4.78, 5) is 13.7. The molecule has 0 unspecified atom stereocenters. The highest BCUT2D eigenvalue weighted by molar-refractivity contribution is 5.93. The molecule has 0 saturated carbocycles. The van der Waals surface area contributed by atoms with Gasteiger partial charge in [0, 0.05) is 17.1 Å². The molecule has 0 aliphatic rings. The molecule has 0 spiro atoms. The number of pyridine rings is 1. The average molecular weight is 328 g/mol. The van der Waals surface area contributed by atoms with Crippen molar-refractivity contribution in [3.8, 4) is 17.1 Å². The lowest BCUT2D eigenvalue weighted by atomic mass is 10.1. The zero-order chi connectivity index (χ0) is 17.1.